The van der Waals surface area contributed by atoms with Crippen molar-refractivity contribution < 1.29 is 9.53 Å². The second kappa shape index (κ2) is 6.42. The van der Waals surface area contributed by atoms with Crippen LogP contribution in [-0.2, 0) is 4.79 Å². The van der Waals surface area contributed by atoms with E-state index in [0.29, 0.717) is 11.3 Å². The van der Waals surface area contributed by atoms with E-state index in [1.165, 1.54) is 12.1 Å². The number of carbonyl (C=O) groups excluding carboxylic acids is 1. The molecule has 5 heteroatoms. The molecule has 1 N–H and O–H groups in total. The summed E-state index contributed by atoms with van der Waals surface area (Å²) in [6.07, 6.45) is 4.98. The van der Waals surface area contributed by atoms with Crippen molar-refractivity contribution in [1.29, 1.82) is 5.26 Å². The molecule has 0 aromatic heterocycles. The Hall–Kier alpha value is -2.17. The van der Waals surface area contributed by atoms with Gasteiger partial charge in [0, 0.05) is 0 Å². The van der Waals surface area contributed by atoms with Gasteiger partial charge in [-0.05, 0) is 18.2 Å². The van der Waals surface area contributed by atoms with E-state index in [1.807, 2.05) is 6.07 Å². The van der Waals surface area contributed by atoms with Crippen molar-refractivity contribution in [2.45, 2.75) is 0 Å². The van der Waals surface area contributed by atoms with Gasteiger partial charge in [0.05, 0.1) is 23.2 Å². The number of nitriles is 1. The number of hydrogen-bond donors (Lipinski definition) is 1. The number of hydrogen-bond acceptors (Lipinski definition) is 3. The molecule has 0 unspecified atom stereocenters. The topological polar surface area (TPSA) is 62.1 Å². The molecule has 1 amide bonds. The average Bonchev–Trinajstić information content (AvgIpc) is 2.34. The minimum Gasteiger partial charge on any atom is -0.482 e. The summed E-state index contributed by atoms with van der Waals surface area (Å²) in [4.78, 5) is 11.2. The van der Waals surface area contributed by atoms with Crippen LogP contribution in [0.15, 0.2) is 18.2 Å². The third-order valence-corrected chi connectivity index (χ3v) is 2.10. The van der Waals surface area contributed by atoms with Crippen molar-refractivity contribution in [3.63, 3.8) is 0 Å². The van der Waals surface area contributed by atoms with Gasteiger partial charge in [0.15, 0.2) is 6.61 Å². The number of halogens is 1. The predicted molar refractivity (Wildman–Crippen MR) is 63.5 cm³/mol. The zero-order chi connectivity index (χ0) is 12.7. The molecule has 1 aromatic rings. The first-order chi connectivity index (χ1) is 8.17. The number of ether oxygens (including phenoxy) is 1. The summed E-state index contributed by atoms with van der Waals surface area (Å²) in [6, 6.07) is 6.51. The van der Waals surface area contributed by atoms with Crippen molar-refractivity contribution in [3.8, 4) is 24.2 Å². The summed E-state index contributed by atoms with van der Waals surface area (Å²) in [5, 5.41) is 11.4. The molecule has 86 valence electrons. The number of amides is 1. The number of carbonyl (C=O) groups is 1. The maximum Gasteiger partial charge on any atom is 0.258 e. The lowest BCUT2D eigenvalue weighted by molar-refractivity contribution is -0.122. The van der Waals surface area contributed by atoms with Crippen molar-refractivity contribution in [1.82, 2.24) is 5.32 Å². The maximum atomic E-state index is 11.2. The molecular formula is C12H9ClN2O2. The first kappa shape index (κ1) is 12.9. The largest absolute Gasteiger partial charge is 0.482 e. The van der Waals surface area contributed by atoms with Crippen molar-refractivity contribution in [2.75, 3.05) is 13.2 Å². The normalized spacial score (nSPS) is 8.88. The van der Waals surface area contributed by atoms with Gasteiger partial charge in [-0.3, -0.25) is 4.79 Å². The third kappa shape index (κ3) is 4.06. The maximum absolute atomic E-state index is 11.2. The van der Waals surface area contributed by atoms with Gasteiger partial charge in [0.25, 0.3) is 5.91 Å². The number of terminal acetylenes is 1. The van der Waals surface area contributed by atoms with Gasteiger partial charge in [0.1, 0.15) is 5.75 Å². The van der Waals surface area contributed by atoms with Crippen LogP contribution in [0.5, 0.6) is 5.75 Å². The Bertz CT molecular complexity index is 500. The minimum absolute atomic E-state index is 0.156. The molecule has 0 bridgehead atoms. The fourth-order valence-corrected chi connectivity index (χ4v) is 1.27. The van der Waals surface area contributed by atoms with Crippen molar-refractivity contribution >= 4 is 17.5 Å². The molecule has 1 rings (SSSR count). The van der Waals surface area contributed by atoms with Crippen LogP contribution in [0.2, 0.25) is 5.02 Å². The van der Waals surface area contributed by atoms with Gasteiger partial charge in [-0.15, -0.1) is 6.42 Å². The Kier molecular flexibility index (Phi) is 4.87. The van der Waals surface area contributed by atoms with Gasteiger partial charge in [0.2, 0.25) is 0 Å². The summed E-state index contributed by atoms with van der Waals surface area (Å²) < 4.78 is 5.17. The monoisotopic (exact) mass is 248 g/mol. The van der Waals surface area contributed by atoms with E-state index in [-0.39, 0.29) is 24.1 Å². The van der Waals surface area contributed by atoms with E-state index in [2.05, 4.69) is 11.2 Å². The molecule has 0 aliphatic carbocycles. The molecule has 1 aromatic carbocycles. The number of benzene rings is 1. The fraction of sp³-hybridized carbons (Fsp3) is 0.167. The summed E-state index contributed by atoms with van der Waals surface area (Å²) in [7, 11) is 0. The van der Waals surface area contributed by atoms with Gasteiger partial charge < -0.3 is 10.1 Å². The summed E-state index contributed by atoms with van der Waals surface area (Å²) >= 11 is 5.86. The van der Waals surface area contributed by atoms with Crippen LogP contribution >= 0.6 is 11.6 Å². The van der Waals surface area contributed by atoms with Crippen LogP contribution in [0.25, 0.3) is 0 Å². The average molecular weight is 249 g/mol. The standard InChI is InChI=1S/C12H9ClN2O2/c1-2-5-15-12(16)8-17-11-4-3-9(7-14)6-10(11)13/h1,3-4,6H,5,8H2,(H,15,16). The third-order valence-electron chi connectivity index (χ3n) is 1.81. The minimum atomic E-state index is -0.330. The molecule has 0 heterocycles. The zero-order valence-electron chi connectivity index (χ0n) is 8.87. The molecule has 0 aliphatic heterocycles. The zero-order valence-corrected chi connectivity index (χ0v) is 9.62. The van der Waals surface area contributed by atoms with Gasteiger partial charge in [-0.25, -0.2) is 0 Å². The molecule has 0 atom stereocenters. The number of nitrogens with one attached hydrogen (secondary N) is 1. The number of rotatable bonds is 4. The lowest BCUT2D eigenvalue weighted by Crippen LogP contribution is -2.29. The molecule has 4 nitrogen and oxygen atoms in total. The molecule has 0 saturated heterocycles. The Balaban J connectivity index is 2.56. The quantitative estimate of drug-likeness (QED) is 0.818. The molecule has 0 radical (unpaired) electrons. The van der Waals surface area contributed by atoms with E-state index in [0.717, 1.165) is 0 Å². The van der Waals surface area contributed by atoms with Crippen molar-refractivity contribution in [3.05, 3.63) is 28.8 Å². The van der Waals surface area contributed by atoms with E-state index in [1.54, 1.807) is 6.07 Å². The molecule has 0 aliphatic rings. The van der Waals surface area contributed by atoms with Crippen LogP contribution in [0.1, 0.15) is 5.56 Å². The highest BCUT2D eigenvalue weighted by Gasteiger charge is 2.05. The Morgan fingerprint density at radius 3 is 2.94 bits per heavy atom. The van der Waals surface area contributed by atoms with Crippen LogP contribution in [0.4, 0.5) is 0 Å². The second-order valence-electron chi connectivity index (χ2n) is 3.03. The molecular weight excluding hydrogens is 240 g/mol. The first-order valence-corrected chi connectivity index (χ1v) is 5.07. The Morgan fingerprint density at radius 2 is 2.35 bits per heavy atom. The summed E-state index contributed by atoms with van der Waals surface area (Å²) in [5.41, 5.74) is 0.430. The lowest BCUT2D eigenvalue weighted by Gasteiger charge is -2.07. The van der Waals surface area contributed by atoms with Gasteiger partial charge in [-0.1, -0.05) is 17.5 Å². The second-order valence-corrected chi connectivity index (χ2v) is 3.43. The van der Waals surface area contributed by atoms with Crippen LogP contribution in [-0.4, -0.2) is 19.1 Å². The highest BCUT2D eigenvalue weighted by Crippen LogP contribution is 2.24. The van der Waals surface area contributed by atoms with Gasteiger partial charge in [-0.2, -0.15) is 5.26 Å². The molecule has 17 heavy (non-hydrogen) atoms. The van der Waals surface area contributed by atoms with E-state index >= 15 is 0 Å². The Morgan fingerprint density at radius 1 is 1.59 bits per heavy atom. The van der Waals surface area contributed by atoms with E-state index in [9.17, 15) is 4.79 Å². The smallest absolute Gasteiger partial charge is 0.258 e. The van der Waals surface area contributed by atoms with E-state index in [4.69, 9.17) is 28.0 Å². The lowest BCUT2D eigenvalue weighted by atomic mass is 10.2. The summed E-state index contributed by atoms with van der Waals surface area (Å²) in [6.45, 7) is -0.0173. The van der Waals surface area contributed by atoms with E-state index < -0.39 is 0 Å². The van der Waals surface area contributed by atoms with Crippen LogP contribution in [0, 0.1) is 23.7 Å². The molecule has 0 fully saturated rings. The van der Waals surface area contributed by atoms with Crippen molar-refractivity contribution in [2.24, 2.45) is 0 Å². The molecule has 0 spiro atoms. The SMILES string of the molecule is C#CCNC(=O)COc1ccc(C#N)cc1Cl. The number of nitrogens with zero attached hydrogens (tertiary/aromatic N) is 1. The Labute approximate surface area is 104 Å². The van der Waals surface area contributed by atoms with Crippen LogP contribution in [0.3, 0.4) is 0 Å². The predicted octanol–water partition coefficient (Wildman–Crippen LogP) is 1.34. The summed E-state index contributed by atoms with van der Waals surface area (Å²) in [5.74, 6) is 2.29. The van der Waals surface area contributed by atoms with Gasteiger partial charge >= 0.3 is 0 Å². The van der Waals surface area contributed by atoms with Crippen LogP contribution < -0.4 is 10.1 Å². The molecule has 0 saturated carbocycles. The highest BCUT2D eigenvalue weighted by atomic mass is 35.5. The fourth-order valence-electron chi connectivity index (χ4n) is 1.03. The highest BCUT2D eigenvalue weighted by molar-refractivity contribution is 6.32. The first-order valence-electron chi connectivity index (χ1n) is 4.70.